The minimum atomic E-state index is -1.81. The molecule has 1 aromatic rings. The normalized spacial score (nSPS) is 14.2. The van der Waals surface area contributed by atoms with Crippen LogP contribution in [0.3, 0.4) is 0 Å². The van der Waals surface area contributed by atoms with E-state index < -0.39 is 8.32 Å². The SMILES string of the molecule is C=C(CBr)C(O[Si](C)(C)C(C)(C)C)c1ccccc1. The van der Waals surface area contributed by atoms with Crippen molar-refractivity contribution in [2.45, 2.75) is 45.0 Å². The summed E-state index contributed by atoms with van der Waals surface area (Å²) in [6.07, 6.45) is -0.0125. The predicted octanol–water partition coefficient (Wildman–Crippen LogP) is 5.70. The lowest BCUT2D eigenvalue weighted by Gasteiger charge is -2.39. The summed E-state index contributed by atoms with van der Waals surface area (Å²) in [7, 11) is -1.81. The second-order valence-electron chi connectivity index (χ2n) is 6.46. The van der Waals surface area contributed by atoms with Crippen molar-refractivity contribution in [3.05, 3.63) is 48.0 Å². The lowest BCUT2D eigenvalue weighted by Crippen LogP contribution is -2.42. The smallest absolute Gasteiger partial charge is 0.193 e. The summed E-state index contributed by atoms with van der Waals surface area (Å²) in [5, 5.41) is 0.966. The lowest BCUT2D eigenvalue weighted by atomic mass is 10.0. The van der Waals surface area contributed by atoms with Gasteiger partial charge >= 0.3 is 0 Å². The number of hydrogen-bond donors (Lipinski definition) is 0. The van der Waals surface area contributed by atoms with Gasteiger partial charge in [-0.1, -0.05) is 73.6 Å². The number of halogens is 1. The maximum Gasteiger partial charge on any atom is 0.193 e. The Morgan fingerprint density at radius 1 is 1.26 bits per heavy atom. The first-order valence-electron chi connectivity index (χ1n) is 6.65. The zero-order valence-electron chi connectivity index (χ0n) is 12.7. The molecule has 0 N–H and O–H groups in total. The van der Waals surface area contributed by atoms with Gasteiger partial charge < -0.3 is 4.43 Å². The Hall–Kier alpha value is -0.383. The zero-order valence-corrected chi connectivity index (χ0v) is 15.3. The van der Waals surface area contributed by atoms with Gasteiger partial charge in [-0.3, -0.25) is 0 Å². The molecule has 3 heteroatoms. The Bertz CT molecular complexity index is 420. The molecule has 0 aliphatic carbocycles. The molecule has 1 unspecified atom stereocenters. The first kappa shape index (κ1) is 16.7. The molecule has 0 saturated carbocycles. The van der Waals surface area contributed by atoms with Crippen molar-refractivity contribution >= 4 is 24.2 Å². The first-order valence-corrected chi connectivity index (χ1v) is 10.7. The van der Waals surface area contributed by atoms with Crippen LogP contribution in [0.15, 0.2) is 42.5 Å². The highest BCUT2D eigenvalue weighted by atomic mass is 79.9. The second kappa shape index (κ2) is 6.38. The average molecular weight is 341 g/mol. The van der Waals surface area contributed by atoms with Crippen LogP contribution in [0.2, 0.25) is 18.1 Å². The lowest BCUT2D eigenvalue weighted by molar-refractivity contribution is 0.219. The van der Waals surface area contributed by atoms with E-state index in [9.17, 15) is 0 Å². The maximum atomic E-state index is 6.55. The third-order valence-corrected chi connectivity index (χ3v) is 9.02. The standard InChI is InChI=1S/C16H25BrOSi/c1-13(12-17)15(14-10-8-7-9-11-14)18-19(5,6)16(2,3)4/h7-11,15H,1,12H2,2-6H3. The second-order valence-corrected chi connectivity index (χ2v) is 11.8. The quantitative estimate of drug-likeness (QED) is 0.379. The highest BCUT2D eigenvalue weighted by molar-refractivity contribution is 9.09. The fourth-order valence-corrected chi connectivity index (χ4v) is 3.10. The molecule has 0 amide bonds. The minimum Gasteiger partial charge on any atom is -0.406 e. The van der Waals surface area contributed by atoms with E-state index in [4.69, 9.17) is 4.43 Å². The van der Waals surface area contributed by atoms with Crippen LogP contribution < -0.4 is 0 Å². The van der Waals surface area contributed by atoms with Crippen LogP contribution in [0.25, 0.3) is 0 Å². The van der Waals surface area contributed by atoms with Crippen LogP contribution in [0.4, 0.5) is 0 Å². The van der Waals surface area contributed by atoms with Crippen molar-refractivity contribution in [3.8, 4) is 0 Å². The monoisotopic (exact) mass is 340 g/mol. The van der Waals surface area contributed by atoms with E-state index in [1.165, 1.54) is 5.56 Å². The van der Waals surface area contributed by atoms with Crippen LogP contribution in [-0.2, 0) is 4.43 Å². The van der Waals surface area contributed by atoms with E-state index in [1.54, 1.807) is 0 Å². The van der Waals surface area contributed by atoms with Gasteiger partial charge in [-0.15, -0.1) is 0 Å². The highest BCUT2D eigenvalue weighted by Crippen LogP contribution is 2.41. The van der Waals surface area contributed by atoms with Crippen LogP contribution in [0.5, 0.6) is 0 Å². The zero-order chi connectivity index (χ0) is 14.7. The molecular formula is C16H25BrOSi. The Morgan fingerprint density at radius 3 is 2.21 bits per heavy atom. The van der Waals surface area contributed by atoms with Gasteiger partial charge in [-0.25, -0.2) is 0 Å². The summed E-state index contributed by atoms with van der Waals surface area (Å²) >= 11 is 3.51. The molecule has 0 aliphatic heterocycles. The van der Waals surface area contributed by atoms with Gasteiger partial charge in [0.25, 0.3) is 0 Å². The van der Waals surface area contributed by atoms with Gasteiger partial charge in [0.15, 0.2) is 8.32 Å². The number of hydrogen-bond acceptors (Lipinski definition) is 1. The van der Waals surface area contributed by atoms with Crippen LogP contribution >= 0.6 is 15.9 Å². The molecule has 1 rings (SSSR count). The Kier molecular flexibility index (Phi) is 5.60. The average Bonchev–Trinajstić information content (AvgIpc) is 2.35. The third-order valence-electron chi connectivity index (χ3n) is 3.86. The molecule has 0 aromatic heterocycles. The van der Waals surface area contributed by atoms with Crippen molar-refractivity contribution in [3.63, 3.8) is 0 Å². The molecule has 0 radical (unpaired) electrons. The summed E-state index contributed by atoms with van der Waals surface area (Å²) in [4.78, 5) is 0. The Balaban J connectivity index is 3.05. The van der Waals surface area contributed by atoms with Crippen molar-refractivity contribution in [1.82, 2.24) is 0 Å². The van der Waals surface area contributed by atoms with Crippen molar-refractivity contribution in [2.24, 2.45) is 0 Å². The molecule has 1 aromatic carbocycles. The van der Waals surface area contributed by atoms with E-state index in [0.29, 0.717) is 0 Å². The molecule has 19 heavy (non-hydrogen) atoms. The summed E-state index contributed by atoms with van der Waals surface area (Å²) < 4.78 is 6.55. The van der Waals surface area contributed by atoms with Crippen molar-refractivity contribution in [2.75, 3.05) is 5.33 Å². The van der Waals surface area contributed by atoms with Crippen LogP contribution in [0.1, 0.15) is 32.4 Å². The van der Waals surface area contributed by atoms with Gasteiger partial charge in [0.2, 0.25) is 0 Å². The summed E-state index contributed by atoms with van der Waals surface area (Å²) in [5.41, 5.74) is 2.27. The molecule has 0 spiro atoms. The van der Waals surface area contributed by atoms with Crippen molar-refractivity contribution in [1.29, 1.82) is 0 Å². The molecule has 106 valence electrons. The topological polar surface area (TPSA) is 9.23 Å². The first-order chi connectivity index (χ1) is 8.69. The minimum absolute atomic E-state index is 0.0125. The fourth-order valence-electron chi connectivity index (χ4n) is 1.56. The summed E-state index contributed by atoms with van der Waals surface area (Å²) in [6.45, 7) is 15.5. The Labute approximate surface area is 127 Å². The summed E-state index contributed by atoms with van der Waals surface area (Å²) in [6, 6.07) is 10.4. The van der Waals surface area contributed by atoms with E-state index in [1.807, 2.05) is 6.07 Å². The molecule has 0 saturated heterocycles. The molecule has 1 atom stereocenters. The largest absolute Gasteiger partial charge is 0.406 e. The maximum absolute atomic E-state index is 6.55. The van der Waals surface area contributed by atoms with Gasteiger partial charge in [-0.05, 0) is 29.3 Å². The van der Waals surface area contributed by atoms with E-state index in [2.05, 4.69) is 80.6 Å². The van der Waals surface area contributed by atoms with E-state index in [-0.39, 0.29) is 11.1 Å². The van der Waals surface area contributed by atoms with Gasteiger partial charge in [-0.2, -0.15) is 0 Å². The molecule has 1 nitrogen and oxygen atoms in total. The number of rotatable bonds is 5. The van der Waals surface area contributed by atoms with E-state index in [0.717, 1.165) is 10.9 Å². The number of benzene rings is 1. The summed E-state index contributed by atoms with van der Waals surface area (Å²) in [5.74, 6) is 0. The molecule has 0 heterocycles. The molecule has 0 bridgehead atoms. The van der Waals surface area contributed by atoms with E-state index >= 15 is 0 Å². The Morgan fingerprint density at radius 2 is 1.79 bits per heavy atom. The third kappa shape index (κ3) is 4.30. The highest BCUT2D eigenvalue weighted by Gasteiger charge is 2.39. The predicted molar refractivity (Wildman–Crippen MR) is 90.4 cm³/mol. The van der Waals surface area contributed by atoms with Gasteiger partial charge in [0.1, 0.15) is 0 Å². The van der Waals surface area contributed by atoms with Crippen LogP contribution in [-0.4, -0.2) is 13.6 Å². The number of alkyl halides is 1. The van der Waals surface area contributed by atoms with Gasteiger partial charge in [0.05, 0.1) is 6.10 Å². The molecule has 0 aliphatic rings. The molecule has 0 fully saturated rings. The molecular weight excluding hydrogens is 316 g/mol. The van der Waals surface area contributed by atoms with Crippen LogP contribution in [0, 0.1) is 0 Å². The van der Waals surface area contributed by atoms with Crippen molar-refractivity contribution < 1.29 is 4.43 Å². The fraction of sp³-hybridized carbons (Fsp3) is 0.500. The van der Waals surface area contributed by atoms with Gasteiger partial charge in [0, 0.05) is 5.33 Å².